The summed E-state index contributed by atoms with van der Waals surface area (Å²) in [5, 5.41) is 0. The first-order chi connectivity index (χ1) is 22.9. The summed E-state index contributed by atoms with van der Waals surface area (Å²) in [6.45, 7) is 1.41. The monoisotopic (exact) mass is 682 g/mol. The van der Waals surface area contributed by atoms with E-state index in [1.54, 1.807) is 12.1 Å². The topological polar surface area (TPSA) is 153 Å². The van der Waals surface area contributed by atoms with Crippen molar-refractivity contribution in [3.8, 4) is 11.1 Å². The molecule has 0 aliphatic heterocycles. The van der Waals surface area contributed by atoms with Gasteiger partial charge in [0.1, 0.15) is 0 Å². The zero-order valence-corrected chi connectivity index (χ0v) is 27.3. The summed E-state index contributed by atoms with van der Waals surface area (Å²) in [7, 11) is -7.56. The Bertz CT molecular complexity index is 2150. The summed E-state index contributed by atoms with van der Waals surface area (Å²) < 4.78 is 60.7. The highest BCUT2D eigenvalue weighted by Crippen LogP contribution is 2.22. The molecule has 0 aliphatic rings. The van der Waals surface area contributed by atoms with Crippen LogP contribution in [0.15, 0.2) is 127 Å². The first kappa shape index (κ1) is 33.8. The Morgan fingerprint density at radius 3 is 1.29 bits per heavy atom. The summed E-state index contributed by atoms with van der Waals surface area (Å²) in [5.41, 5.74) is 4.00. The minimum absolute atomic E-state index is 0.0304. The largest absolute Gasteiger partial charge is 0.386 e. The van der Waals surface area contributed by atoms with Crippen LogP contribution >= 0.6 is 0 Å². The average molecular weight is 683 g/mol. The highest BCUT2D eigenvalue weighted by molar-refractivity contribution is 7.92. The van der Waals surface area contributed by atoms with Crippen LogP contribution in [-0.2, 0) is 36.3 Å². The van der Waals surface area contributed by atoms with Crippen molar-refractivity contribution in [2.24, 2.45) is 0 Å². The second-order valence-corrected chi connectivity index (χ2v) is 14.3. The van der Waals surface area contributed by atoms with Crippen molar-refractivity contribution in [3.63, 3.8) is 0 Å². The molecule has 0 aromatic heterocycles. The van der Waals surface area contributed by atoms with E-state index in [-0.39, 0.29) is 28.4 Å². The lowest BCUT2D eigenvalue weighted by atomic mass is 10.1. The van der Waals surface area contributed by atoms with Crippen LogP contribution in [0.5, 0.6) is 0 Å². The molecule has 0 spiro atoms. The van der Waals surface area contributed by atoms with E-state index in [0.29, 0.717) is 28.1 Å². The number of sulfonamides is 2. The van der Waals surface area contributed by atoms with Crippen LogP contribution in [0.2, 0.25) is 0 Å². The number of rotatable bonds is 12. The van der Waals surface area contributed by atoms with Crippen molar-refractivity contribution in [1.29, 1.82) is 0 Å². The van der Waals surface area contributed by atoms with E-state index in [1.807, 2.05) is 42.5 Å². The Balaban J connectivity index is 1.12. The smallest absolute Gasteiger partial charge is 0.346 e. The molecule has 0 bridgehead atoms. The number of nitrogens with one attached hydrogen (secondary N) is 2. The minimum atomic E-state index is -3.80. The fourth-order valence-corrected chi connectivity index (χ4v) is 7.08. The highest BCUT2D eigenvalue weighted by Gasteiger charge is 2.18. The predicted molar refractivity (Wildman–Crippen MR) is 183 cm³/mol. The SMILES string of the molecule is CC(=O)c1ccc(NS(=O)(=O)Cc2ccc(C(=O)OC(=O)c3ccc(CS(=O)(=O)Nc4ccc(-c5ccccc5)cc4)cc3)cc2)cc1. The third-order valence-electron chi connectivity index (χ3n) is 7.11. The van der Waals surface area contributed by atoms with Crippen LogP contribution in [0, 0.1) is 0 Å². The lowest BCUT2D eigenvalue weighted by molar-refractivity contribution is 0.0397. The molecule has 2 N–H and O–H groups in total. The van der Waals surface area contributed by atoms with E-state index >= 15 is 0 Å². The Labute approximate surface area is 278 Å². The molecule has 10 nitrogen and oxygen atoms in total. The number of anilines is 2. The molecule has 12 heteroatoms. The fourth-order valence-electron chi connectivity index (χ4n) is 4.68. The predicted octanol–water partition coefficient (Wildman–Crippen LogP) is 6.44. The number of carbonyl (C=O) groups excluding carboxylic acids is 3. The number of ketones is 1. The van der Waals surface area contributed by atoms with Crippen molar-refractivity contribution in [2.45, 2.75) is 18.4 Å². The van der Waals surface area contributed by atoms with Crippen LogP contribution in [0.1, 0.15) is 49.1 Å². The van der Waals surface area contributed by atoms with Gasteiger partial charge in [-0.25, -0.2) is 26.4 Å². The summed E-state index contributed by atoms with van der Waals surface area (Å²) in [6, 6.07) is 33.9. The fraction of sp³-hybridized carbons (Fsp3) is 0.0833. The van der Waals surface area contributed by atoms with E-state index in [9.17, 15) is 31.2 Å². The van der Waals surface area contributed by atoms with Crippen LogP contribution < -0.4 is 9.44 Å². The van der Waals surface area contributed by atoms with Crippen molar-refractivity contribution in [1.82, 2.24) is 0 Å². The molecule has 48 heavy (non-hydrogen) atoms. The normalized spacial score (nSPS) is 11.4. The molecule has 5 rings (SSSR count). The van der Waals surface area contributed by atoms with Gasteiger partial charge < -0.3 is 4.74 Å². The Kier molecular flexibility index (Phi) is 10.2. The molecular weight excluding hydrogens is 653 g/mol. The van der Waals surface area contributed by atoms with Gasteiger partial charge in [-0.15, -0.1) is 0 Å². The van der Waals surface area contributed by atoms with Gasteiger partial charge in [-0.1, -0.05) is 66.7 Å². The Morgan fingerprint density at radius 2 is 0.875 bits per heavy atom. The van der Waals surface area contributed by atoms with Crippen molar-refractivity contribution in [3.05, 3.63) is 155 Å². The summed E-state index contributed by atoms with van der Waals surface area (Å²) in [6.07, 6.45) is 0. The molecule has 0 fully saturated rings. The number of ether oxygens (including phenoxy) is 1. The molecule has 0 aliphatic carbocycles. The van der Waals surface area contributed by atoms with Crippen molar-refractivity contribution >= 4 is 49.1 Å². The van der Waals surface area contributed by atoms with Gasteiger partial charge in [-0.3, -0.25) is 14.2 Å². The molecule has 244 valence electrons. The highest BCUT2D eigenvalue weighted by atomic mass is 32.2. The summed E-state index contributed by atoms with van der Waals surface area (Å²) in [5.74, 6) is -2.73. The van der Waals surface area contributed by atoms with E-state index in [1.165, 1.54) is 79.7 Å². The maximum Gasteiger partial charge on any atom is 0.346 e. The lowest BCUT2D eigenvalue weighted by Crippen LogP contribution is -2.16. The molecule has 0 amide bonds. The van der Waals surface area contributed by atoms with Crippen LogP contribution in [0.25, 0.3) is 11.1 Å². The zero-order chi connectivity index (χ0) is 34.3. The standard InChI is InChI=1S/C36H30N2O8S2/c1-25(39)28-15-19-33(20-16-28)37-47(42,43)23-26-7-11-31(12-8-26)35(40)46-36(41)32-13-9-27(10-14-32)24-48(44,45)38-34-21-17-30(18-22-34)29-5-3-2-4-6-29/h2-22,37-38H,23-24H2,1H3. The molecule has 5 aromatic rings. The van der Waals surface area contributed by atoms with Crippen LogP contribution in [0.4, 0.5) is 11.4 Å². The summed E-state index contributed by atoms with van der Waals surface area (Å²) in [4.78, 5) is 36.6. The number of esters is 2. The number of hydrogen-bond donors (Lipinski definition) is 2. The van der Waals surface area contributed by atoms with E-state index in [4.69, 9.17) is 4.74 Å². The van der Waals surface area contributed by atoms with Gasteiger partial charge in [-0.05, 0) is 89.8 Å². The third-order valence-corrected chi connectivity index (χ3v) is 9.63. The van der Waals surface area contributed by atoms with Gasteiger partial charge in [0, 0.05) is 16.9 Å². The molecule has 0 unspecified atom stereocenters. The number of carbonyl (C=O) groups is 3. The Morgan fingerprint density at radius 1 is 0.500 bits per heavy atom. The number of benzene rings is 5. The molecule has 0 saturated heterocycles. The van der Waals surface area contributed by atoms with E-state index in [0.717, 1.165) is 11.1 Å². The molecule has 0 radical (unpaired) electrons. The zero-order valence-electron chi connectivity index (χ0n) is 25.6. The van der Waals surface area contributed by atoms with Gasteiger partial charge in [0.05, 0.1) is 22.6 Å². The molecule has 0 saturated carbocycles. The second-order valence-electron chi connectivity index (χ2n) is 10.9. The molecule has 5 aromatic carbocycles. The van der Waals surface area contributed by atoms with E-state index in [2.05, 4.69) is 9.44 Å². The Hall–Kier alpha value is -5.59. The molecule has 0 heterocycles. The van der Waals surface area contributed by atoms with Gasteiger partial charge in [0.25, 0.3) is 0 Å². The molecular formula is C36H30N2O8S2. The quantitative estimate of drug-likeness (QED) is 0.0867. The third kappa shape index (κ3) is 9.24. The minimum Gasteiger partial charge on any atom is -0.386 e. The van der Waals surface area contributed by atoms with Crippen molar-refractivity contribution in [2.75, 3.05) is 9.44 Å². The van der Waals surface area contributed by atoms with Crippen molar-refractivity contribution < 1.29 is 36.0 Å². The second kappa shape index (κ2) is 14.4. The van der Waals surface area contributed by atoms with E-state index < -0.39 is 32.0 Å². The van der Waals surface area contributed by atoms with Gasteiger partial charge in [0.15, 0.2) is 5.78 Å². The number of Topliss-reactive ketones (excluding diaryl/α,β-unsaturated/α-hetero) is 1. The maximum atomic E-state index is 12.8. The van der Waals surface area contributed by atoms with Gasteiger partial charge in [0.2, 0.25) is 20.0 Å². The first-order valence-corrected chi connectivity index (χ1v) is 17.9. The lowest BCUT2D eigenvalue weighted by Gasteiger charge is -2.10. The van der Waals surface area contributed by atoms with Crippen LogP contribution in [-0.4, -0.2) is 34.6 Å². The van der Waals surface area contributed by atoms with Gasteiger partial charge in [-0.2, -0.15) is 0 Å². The van der Waals surface area contributed by atoms with Gasteiger partial charge >= 0.3 is 11.9 Å². The number of hydrogen-bond acceptors (Lipinski definition) is 8. The average Bonchev–Trinajstić information content (AvgIpc) is 3.05. The molecule has 0 atom stereocenters. The first-order valence-electron chi connectivity index (χ1n) is 14.6. The van der Waals surface area contributed by atoms with Crippen LogP contribution in [0.3, 0.4) is 0 Å². The summed E-state index contributed by atoms with van der Waals surface area (Å²) >= 11 is 0. The maximum absolute atomic E-state index is 12.8.